The van der Waals surface area contributed by atoms with Gasteiger partial charge in [0.15, 0.2) is 5.82 Å². The van der Waals surface area contributed by atoms with Gasteiger partial charge in [-0.3, -0.25) is 9.36 Å². The molecule has 2 heterocycles. The number of nitrogens with one attached hydrogen (secondary N) is 1. The fourth-order valence-electron chi connectivity index (χ4n) is 2.65. The summed E-state index contributed by atoms with van der Waals surface area (Å²) in [5, 5.41) is 23.3. The van der Waals surface area contributed by atoms with Crippen LogP contribution >= 0.6 is 0 Å². The number of aromatic nitrogens is 4. The van der Waals surface area contributed by atoms with Gasteiger partial charge in [-0.25, -0.2) is 0 Å². The van der Waals surface area contributed by atoms with Gasteiger partial charge in [-0.2, -0.15) is 5.10 Å². The number of rotatable bonds is 5. The molecule has 0 saturated heterocycles. The van der Waals surface area contributed by atoms with Crippen molar-refractivity contribution in [1.82, 2.24) is 19.6 Å². The molecule has 0 spiro atoms. The van der Waals surface area contributed by atoms with E-state index in [0.717, 1.165) is 28.0 Å². The average molecular weight is 329 g/mol. The second kappa shape index (κ2) is 5.83. The van der Waals surface area contributed by atoms with Crippen LogP contribution < -0.4 is 10.1 Å². The summed E-state index contributed by atoms with van der Waals surface area (Å²) in [4.78, 5) is 0. The number of hydrogen-bond donors (Lipinski definition) is 2. The number of benzene rings is 1. The van der Waals surface area contributed by atoms with Gasteiger partial charge in [0.05, 0.1) is 23.9 Å². The Morgan fingerprint density at radius 3 is 2.67 bits per heavy atom. The van der Waals surface area contributed by atoms with Crippen LogP contribution in [0.2, 0.25) is 0 Å². The number of ether oxygens (including phenoxy) is 1. The molecule has 7 nitrogen and oxygen atoms in total. The Morgan fingerprint density at radius 2 is 2.00 bits per heavy atom. The molecule has 1 aromatic carbocycles. The van der Waals surface area contributed by atoms with Crippen molar-refractivity contribution in [2.45, 2.75) is 26.4 Å². The summed E-state index contributed by atoms with van der Waals surface area (Å²) >= 11 is 0. The second-order valence-electron chi connectivity index (χ2n) is 6.34. The van der Waals surface area contributed by atoms with Gasteiger partial charge in [-0.15, -0.1) is 5.10 Å². The first-order valence-corrected chi connectivity index (χ1v) is 7.92. The predicted molar refractivity (Wildman–Crippen MR) is 93.6 cm³/mol. The van der Waals surface area contributed by atoms with Crippen LogP contribution in [0.1, 0.15) is 26.3 Å². The Kier molecular flexibility index (Phi) is 3.96. The highest BCUT2D eigenvalue weighted by atomic mass is 16.5. The summed E-state index contributed by atoms with van der Waals surface area (Å²) in [5.41, 5.74) is 1.67. The van der Waals surface area contributed by atoms with Gasteiger partial charge in [0.2, 0.25) is 0 Å². The molecule has 0 atom stereocenters. The molecule has 3 rings (SSSR count). The van der Waals surface area contributed by atoms with Crippen LogP contribution in [0.25, 0.3) is 10.9 Å². The fourth-order valence-corrected chi connectivity index (χ4v) is 2.65. The molecule has 0 radical (unpaired) electrons. The fraction of sp³-hybridized carbons (Fsp3) is 0.412. The van der Waals surface area contributed by atoms with Gasteiger partial charge in [0.25, 0.3) is 5.88 Å². The zero-order valence-electron chi connectivity index (χ0n) is 14.7. The van der Waals surface area contributed by atoms with Crippen LogP contribution in [-0.4, -0.2) is 31.3 Å². The molecule has 0 unspecified atom stereocenters. The summed E-state index contributed by atoms with van der Waals surface area (Å²) in [6, 6.07) is 5.84. The monoisotopic (exact) mass is 329 g/mol. The third kappa shape index (κ3) is 2.94. The van der Waals surface area contributed by atoms with Gasteiger partial charge in [-0.05, 0) is 38.5 Å². The van der Waals surface area contributed by atoms with Gasteiger partial charge in [-0.1, -0.05) is 6.07 Å². The van der Waals surface area contributed by atoms with E-state index >= 15 is 0 Å². The van der Waals surface area contributed by atoms with E-state index in [2.05, 4.69) is 15.5 Å². The molecule has 3 aromatic rings. The third-order valence-corrected chi connectivity index (χ3v) is 3.89. The van der Waals surface area contributed by atoms with Crippen LogP contribution in [0.5, 0.6) is 5.88 Å². The molecule has 24 heavy (non-hydrogen) atoms. The Labute approximate surface area is 140 Å². The lowest BCUT2D eigenvalue weighted by Crippen LogP contribution is -2.15. The Morgan fingerprint density at radius 1 is 1.25 bits per heavy atom. The van der Waals surface area contributed by atoms with Crippen molar-refractivity contribution in [3.63, 3.8) is 0 Å². The first kappa shape index (κ1) is 16.3. The van der Waals surface area contributed by atoms with Crippen molar-refractivity contribution in [3.05, 3.63) is 30.0 Å². The standard InChI is InChI=1S/C17H23N5O2/c1-6-24-16-13(10-21(4)20-16)18-15-12-8-7-11(17(2,3)23)9-14(12)22(5)19-15/h7-10,23H,6H2,1-5H3,(H,18,19). The molecular weight excluding hydrogens is 306 g/mol. The van der Waals surface area contributed by atoms with E-state index in [4.69, 9.17) is 4.74 Å². The Bertz CT molecular complexity index is 873. The van der Waals surface area contributed by atoms with E-state index in [1.807, 2.05) is 45.4 Å². The van der Waals surface area contributed by atoms with E-state index in [1.165, 1.54) is 0 Å². The molecule has 0 amide bonds. The molecule has 0 aliphatic heterocycles. The first-order chi connectivity index (χ1) is 11.3. The molecule has 0 aliphatic carbocycles. The van der Waals surface area contributed by atoms with Crippen molar-refractivity contribution < 1.29 is 9.84 Å². The van der Waals surface area contributed by atoms with E-state index in [-0.39, 0.29) is 0 Å². The molecule has 7 heteroatoms. The normalized spacial score (nSPS) is 11.9. The number of nitrogens with zero attached hydrogens (tertiary/aromatic N) is 4. The van der Waals surface area contributed by atoms with Crippen molar-refractivity contribution >= 4 is 22.4 Å². The summed E-state index contributed by atoms with van der Waals surface area (Å²) in [7, 11) is 3.73. The highest BCUT2D eigenvalue weighted by Gasteiger charge is 2.19. The highest BCUT2D eigenvalue weighted by Crippen LogP contribution is 2.32. The van der Waals surface area contributed by atoms with Gasteiger partial charge in [0.1, 0.15) is 5.69 Å². The van der Waals surface area contributed by atoms with E-state index in [9.17, 15) is 5.11 Å². The molecule has 0 saturated carbocycles. The largest absolute Gasteiger partial charge is 0.475 e. The van der Waals surface area contributed by atoms with Crippen LogP contribution in [0.4, 0.5) is 11.5 Å². The van der Waals surface area contributed by atoms with E-state index in [0.29, 0.717) is 12.5 Å². The SMILES string of the molecule is CCOc1nn(C)cc1Nc1nn(C)c2cc(C(C)(C)O)ccc12. The first-order valence-electron chi connectivity index (χ1n) is 7.92. The lowest BCUT2D eigenvalue weighted by atomic mass is 9.97. The van der Waals surface area contributed by atoms with E-state index < -0.39 is 5.60 Å². The van der Waals surface area contributed by atoms with Crippen molar-refractivity contribution in [1.29, 1.82) is 0 Å². The van der Waals surface area contributed by atoms with Crippen LogP contribution in [0, 0.1) is 0 Å². The van der Waals surface area contributed by atoms with Crippen molar-refractivity contribution in [2.75, 3.05) is 11.9 Å². The molecule has 0 bridgehead atoms. The minimum atomic E-state index is -0.891. The zero-order valence-corrected chi connectivity index (χ0v) is 14.7. The molecular formula is C17H23N5O2. The zero-order chi connectivity index (χ0) is 17.5. The Hall–Kier alpha value is -2.54. The number of hydrogen-bond acceptors (Lipinski definition) is 5. The molecule has 0 aliphatic rings. The van der Waals surface area contributed by atoms with Crippen molar-refractivity contribution in [3.8, 4) is 5.88 Å². The average Bonchev–Trinajstić information content (AvgIpc) is 3.00. The minimum Gasteiger partial charge on any atom is -0.475 e. The van der Waals surface area contributed by atoms with E-state index in [1.54, 1.807) is 23.2 Å². The molecule has 2 N–H and O–H groups in total. The van der Waals surface area contributed by atoms with Crippen LogP contribution in [0.15, 0.2) is 24.4 Å². The van der Waals surface area contributed by atoms with Gasteiger partial charge in [0, 0.05) is 19.5 Å². The summed E-state index contributed by atoms with van der Waals surface area (Å²) < 4.78 is 9.05. The number of anilines is 2. The topological polar surface area (TPSA) is 77.1 Å². The smallest absolute Gasteiger partial charge is 0.256 e. The summed E-state index contributed by atoms with van der Waals surface area (Å²) in [6.07, 6.45) is 1.86. The maximum atomic E-state index is 10.2. The van der Waals surface area contributed by atoms with Crippen LogP contribution in [0.3, 0.4) is 0 Å². The summed E-state index contributed by atoms with van der Waals surface area (Å²) in [5.74, 6) is 1.27. The van der Waals surface area contributed by atoms with Crippen LogP contribution in [-0.2, 0) is 19.7 Å². The maximum absolute atomic E-state index is 10.2. The minimum absolute atomic E-state index is 0.545. The molecule has 128 valence electrons. The lowest BCUT2D eigenvalue weighted by molar-refractivity contribution is 0.0787. The number of fused-ring (bicyclic) bond motifs is 1. The molecule has 0 fully saturated rings. The molecule has 2 aromatic heterocycles. The quantitative estimate of drug-likeness (QED) is 0.752. The summed E-state index contributed by atoms with van der Waals surface area (Å²) in [6.45, 7) is 6.01. The second-order valence-corrected chi connectivity index (χ2v) is 6.34. The number of aliphatic hydroxyl groups is 1. The highest BCUT2D eigenvalue weighted by molar-refractivity contribution is 5.92. The lowest BCUT2D eigenvalue weighted by Gasteiger charge is -2.17. The van der Waals surface area contributed by atoms with Crippen molar-refractivity contribution in [2.24, 2.45) is 14.1 Å². The van der Waals surface area contributed by atoms with Gasteiger partial charge < -0.3 is 15.2 Å². The number of aryl methyl sites for hydroxylation is 2. The Balaban J connectivity index is 2.02. The maximum Gasteiger partial charge on any atom is 0.256 e. The third-order valence-electron chi connectivity index (χ3n) is 3.89. The van der Waals surface area contributed by atoms with Gasteiger partial charge >= 0.3 is 0 Å². The predicted octanol–water partition coefficient (Wildman–Crippen LogP) is 2.68.